The number of carbonyl (C=O) groups excluding carboxylic acids is 4. The van der Waals surface area contributed by atoms with Crippen LogP contribution in [0.25, 0.3) is 0 Å². The molecule has 28 heavy (non-hydrogen) atoms. The van der Waals surface area contributed by atoms with Gasteiger partial charge in [0, 0.05) is 6.42 Å². The van der Waals surface area contributed by atoms with E-state index in [1.54, 1.807) is 11.8 Å². The molecule has 0 aliphatic heterocycles. The molecule has 0 aliphatic carbocycles. The number of hydrogen-bond acceptors (Lipinski definition) is 7. The van der Waals surface area contributed by atoms with Gasteiger partial charge in [-0.15, -0.1) is 0 Å². The maximum absolute atomic E-state index is 12.1. The number of amides is 4. The van der Waals surface area contributed by atoms with Crippen LogP contribution in [-0.4, -0.2) is 70.9 Å². The molecule has 0 saturated carbocycles. The van der Waals surface area contributed by atoms with Gasteiger partial charge in [-0.2, -0.15) is 11.8 Å². The van der Waals surface area contributed by atoms with Crippen molar-refractivity contribution in [2.45, 2.75) is 57.3 Å². The van der Waals surface area contributed by atoms with Gasteiger partial charge >= 0.3 is 5.97 Å². The Morgan fingerprint density at radius 1 is 0.929 bits per heavy atom. The minimum Gasteiger partial charge on any atom is -0.480 e. The highest BCUT2D eigenvalue weighted by atomic mass is 32.2. The quantitative estimate of drug-likeness (QED) is 0.195. The van der Waals surface area contributed by atoms with Crippen molar-refractivity contribution in [3.63, 3.8) is 0 Å². The summed E-state index contributed by atoms with van der Waals surface area (Å²) in [6, 6.07) is -4.06. The van der Waals surface area contributed by atoms with Gasteiger partial charge in [0.15, 0.2) is 0 Å². The monoisotopic (exact) mass is 419 g/mol. The second kappa shape index (κ2) is 12.9. The number of carboxylic acids is 1. The molecule has 0 fully saturated rings. The number of aliphatic carboxylic acids is 1. The first kappa shape index (κ1) is 25.7. The number of hydrogen-bond donors (Lipinski definition) is 6. The van der Waals surface area contributed by atoms with E-state index in [9.17, 15) is 24.0 Å². The number of nitrogens with one attached hydrogen (secondary N) is 3. The minimum atomic E-state index is -1.33. The SMILES string of the molecule is CSCCC(N)C(=O)NC(C)C(=O)NC(C)C(=O)NC(CCC(N)=O)C(=O)O. The predicted octanol–water partition coefficient (Wildman–Crippen LogP) is -2.09. The lowest BCUT2D eigenvalue weighted by Gasteiger charge is -2.21. The number of thioether (sulfide) groups is 1. The summed E-state index contributed by atoms with van der Waals surface area (Å²) in [6.45, 7) is 2.80. The van der Waals surface area contributed by atoms with E-state index in [1.807, 2.05) is 6.26 Å². The number of carbonyl (C=O) groups is 5. The molecule has 0 saturated heterocycles. The third kappa shape index (κ3) is 10.1. The van der Waals surface area contributed by atoms with Crippen LogP contribution in [0.2, 0.25) is 0 Å². The summed E-state index contributed by atoms with van der Waals surface area (Å²) in [5, 5.41) is 16.2. The largest absolute Gasteiger partial charge is 0.480 e. The third-order valence-electron chi connectivity index (χ3n) is 3.77. The molecule has 0 radical (unpaired) electrons. The van der Waals surface area contributed by atoms with Crippen molar-refractivity contribution in [3.8, 4) is 0 Å². The summed E-state index contributed by atoms with van der Waals surface area (Å²) in [4.78, 5) is 58.1. The van der Waals surface area contributed by atoms with E-state index in [0.717, 1.165) is 0 Å². The number of primary amides is 1. The van der Waals surface area contributed by atoms with Gasteiger partial charge < -0.3 is 32.5 Å². The second-order valence-electron chi connectivity index (χ2n) is 6.25. The molecule has 0 heterocycles. The molecular formula is C16H29N5O6S. The van der Waals surface area contributed by atoms with Gasteiger partial charge in [0.1, 0.15) is 18.1 Å². The fourth-order valence-corrected chi connectivity index (χ4v) is 2.50. The summed E-state index contributed by atoms with van der Waals surface area (Å²) in [6.07, 6.45) is 1.97. The van der Waals surface area contributed by atoms with Crippen LogP contribution >= 0.6 is 11.8 Å². The van der Waals surface area contributed by atoms with E-state index in [-0.39, 0.29) is 12.8 Å². The predicted molar refractivity (Wildman–Crippen MR) is 104 cm³/mol. The molecule has 160 valence electrons. The van der Waals surface area contributed by atoms with Gasteiger partial charge in [0.05, 0.1) is 6.04 Å². The number of rotatable bonds is 13. The van der Waals surface area contributed by atoms with E-state index >= 15 is 0 Å². The molecule has 11 nitrogen and oxygen atoms in total. The average Bonchev–Trinajstić information content (AvgIpc) is 2.61. The Balaban J connectivity index is 4.60. The molecule has 8 N–H and O–H groups in total. The van der Waals surface area contributed by atoms with E-state index in [4.69, 9.17) is 16.6 Å². The minimum absolute atomic E-state index is 0.169. The van der Waals surface area contributed by atoms with Gasteiger partial charge in [-0.3, -0.25) is 19.2 Å². The second-order valence-corrected chi connectivity index (χ2v) is 7.24. The van der Waals surface area contributed by atoms with Crippen molar-refractivity contribution in [1.29, 1.82) is 0 Å². The molecule has 4 unspecified atom stereocenters. The van der Waals surface area contributed by atoms with E-state index in [1.165, 1.54) is 13.8 Å². The van der Waals surface area contributed by atoms with Crippen molar-refractivity contribution in [2.24, 2.45) is 11.5 Å². The first-order valence-corrected chi connectivity index (χ1v) is 10.1. The zero-order valence-electron chi connectivity index (χ0n) is 16.2. The van der Waals surface area contributed by atoms with Crippen molar-refractivity contribution < 1.29 is 29.1 Å². The molecule has 0 aromatic heterocycles. The normalized spacial score (nSPS) is 14.9. The molecule has 0 bridgehead atoms. The summed E-state index contributed by atoms with van der Waals surface area (Å²) in [7, 11) is 0. The Morgan fingerprint density at radius 2 is 1.43 bits per heavy atom. The first-order chi connectivity index (χ1) is 13.0. The van der Waals surface area contributed by atoms with Gasteiger partial charge in [-0.05, 0) is 38.7 Å². The average molecular weight is 420 g/mol. The topological polar surface area (TPSA) is 194 Å². The van der Waals surface area contributed by atoms with Gasteiger partial charge in [-0.25, -0.2) is 4.79 Å². The van der Waals surface area contributed by atoms with Crippen molar-refractivity contribution >= 4 is 41.4 Å². The van der Waals surface area contributed by atoms with Crippen LogP contribution in [0, 0.1) is 0 Å². The van der Waals surface area contributed by atoms with Crippen molar-refractivity contribution in [2.75, 3.05) is 12.0 Å². The van der Waals surface area contributed by atoms with Crippen LogP contribution in [0.1, 0.15) is 33.1 Å². The Morgan fingerprint density at radius 3 is 1.89 bits per heavy atom. The Kier molecular flexibility index (Phi) is 11.9. The number of nitrogens with two attached hydrogens (primary N) is 2. The van der Waals surface area contributed by atoms with E-state index in [2.05, 4.69) is 16.0 Å². The zero-order valence-corrected chi connectivity index (χ0v) is 17.0. The molecule has 0 aromatic carbocycles. The lowest BCUT2D eigenvalue weighted by Crippen LogP contribution is -2.55. The summed E-state index contributed by atoms with van der Waals surface area (Å²) >= 11 is 1.54. The van der Waals surface area contributed by atoms with Crippen LogP contribution < -0.4 is 27.4 Å². The first-order valence-electron chi connectivity index (χ1n) is 8.66. The van der Waals surface area contributed by atoms with Crippen LogP contribution in [0.3, 0.4) is 0 Å². The maximum atomic E-state index is 12.1. The lowest BCUT2D eigenvalue weighted by atomic mass is 10.1. The highest BCUT2D eigenvalue weighted by Gasteiger charge is 2.26. The molecule has 4 amide bonds. The smallest absolute Gasteiger partial charge is 0.326 e. The summed E-state index contributed by atoms with van der Waals surface area (Å²) in [5.41, 5.74) is 10.7. The highest BCUT2D eigenvalue weighted by molar-refractivity contribution is 7.98. The van der Waals surface area contributed by atoms with Gasteiger partial charge in [-0.1, -0.05) is 0 Å². The standard InChI is InChI=1S/C16H29N5O6S/c1-8(20-15(25)10(17)6-7-28-3)13(23)19-9(2)14(24)21-11(16(26)27)4-5-12(18)22/h8-11H,4-7,17H2,1-3H3,(H2,18,22)(H,19,23)(H,20,25)(H,21,24)(H,26,27). The van der Waals surface area contributed by atoms with Crippen molar-refractivity contribution in [1.82, 2.24) is 16.0 Å². The molecule has 0 aliphatic rings. The summed E-state index contributed by atoms with van der Waals surface area (Å²) in [5.74, 6) is -3.17. The molecule has 0 rings (SSSR count). The zero-order chi connectivity index (χ0) is 21.9. The lowest BCUT2D eigenvalue weighted by molar-refractivity contribution is -0.142. The third-order valence-corrected chi connectivity index (χ3v) is 4.41. The maximum Gasteiger partial charge on any atom is 0.326 e. The van der Waals surface area contributed by atoms with E-state index in [0.29, 0.717) is 12.2 Å². The molecule has 4 atom stereocenters. The van der Waals surface area contributed by atoms with Crippen LogP contribution in [0.5, 0.6) is 0 Å². The van der Waals surface area contributed by atoms with Gasteiger partial charge in [0.25, 0.3) is 0 Å². The molecule has 12 heteroatoms. The molecule has 0 spiro atoms. The van der Waals surface area contributed by atoms with Crippen LogP contribution in [0.15, 0.2) is 0 Å². The van der Waals surface area contributed by atoms with Crippen LogP contribution in [0.4, 0.5) is 0 Å². The van der Waals surface area contributed by atoms with Crippen LogP contribution in [-0.2, 0) is 24.0 Å². The Bertz CT molecular complexity index is 588. The highest BCUT2D eigenvalue weighted by Crippen LogP contribution is 2.00. The summed E-state index contributed by atoms with van der Waals surface area (Å²) < 4.78 is 0. The number of carboxylic acid groups (broad SMARTS) is 1. The fourth-order valence-electron chi connectivity index (χ4n) is 2.01. The van der Waals surface area contributed by atoms with E-state index < -0.39 is 53.8 Å². The van der Waals surface area contributed by atoms with Crippen molar-refractivity contribution in [3.05, 3.63) is 0 Å². The molecular weight excluding hydrogens is 390 g/mol. The van der Waals surface area contributed by atoms with Gasteiger partial charge in [0.2, 0.25) is 23.6 Å². The molecule has 0 aromatic rings. The Labute approximate surface area is 167 Å². The Hall–Kier alpha value is -2.34. The fraction of sp³-hybridized carbons (Fsp3) is 0.688.